The van der Waals surface area contributed by atoms with Gasteiger partial charge in [0, 0.05) is 43.4 Å². The summed E-state index contributed by atoms with van der Waals surface area (Å²) >= 11 is 5.95. The number of aliphatic imine (C=N–C) groups is 1. The van der Waals surface area contributed by atoms with Gasteiger partial charge in [-0.3, -0.25) is 14.2 Å². The van der Waals surface area contributed by atoms with Crippen LogP contribution in [-0.2, 0) is 4.79 Å². The predicted octanol–water partition coefficient (Wildman–Crippen LogP) is 4.82. The molecule has 4 rings (SSSR count). The third kappa shape index (κ3) is 5.12. The Labute approximate surface area is 196 Å². The number of carbonyl (C=O) groups is 1. The number of hydrogen-bond acceptors (Lipinski definition) is 4. The van der Waals surface area contributed by atoms with Crippen LogP contribution >= 0.6 is 11.6 Å². The van der Waals surface area contributed by atoms with E-state index in [0.717, 1.165) is 25.1 Å². The molecule has 0 radical (unpaired) electrons. The number of anilines is 1. The van der Waals surface area contributed by atoms with Crippen LogP contribution in [0.15, 0.2) is 66.7 Å². The molecule has 0 aromatic carbocycles. The minimum Gasteiger partial charge on any atom is -0.356 e. The van der Waals surface area contributed by atoms with E-state index in [1.54, 1.807) is 35.1 Å². The van der Waals surface area contributed by atoms with E-state index in [1.807, 2.05) is 19.1 Å². The number of nitrogens with zero attached hydrogens (tertiary/aromatic N) is 5. The topological polar surface area (TPSA) is 74.9 Å². The van der Waals surface area contributed by atoms with Gasteiger partial charge in [0.15, 0.2) is 0 Å². The fourth-order valence-corrected chi connectivity index (χ4v) is 3.98. The summed E-state index contributed by atoms with van der Waals surface area (Å²) in [4.78, 5) is 27.8. The number of aromatic nitrogens is 3. The molecule has 33 heavy (non-hydrogen) atoms. The molecule has 1 fully saturated rings. The number of hydrogen-bond donors (Lipinski definition) is 1. The first kappa shape index (κ1) is 22.7. The molecule has 1 atom stereocenters. The number of halogens is 2. The lowest BCUT2D eigenvalue weighted by Crippen LogP contribution is -2.43. The van der Waals surface area contributed by atoms with E-state index in [-0.39, 0.29) is 16.8 Å². The summed E-state index contributed by atoms with van der Waals surface area (Å²) in [6.07, 6.45) is 11.8. The molecule has 7 nitrogen and oxygen atoms in total. The Bertz CT molecular complexity index is 1240. The lowest BCUT2D eigenvalue weighted by Gasteiger charge is -2.33. The zero-order chi connectivity index (χ0) is 23.4. The molecule has 4 heterocycles. The fourth-order valence-electron chi connectivity index (χ4n) is 3.83. The molecule has 1 aliphatic heterocycles. The Balaban J connectivity index is 1.54. The van der Waals surface area contributed by atoms with Gasteiger partial charge in [-0.15, -0.1) is 0 Å². The monoisotopic (exact) mass is 466 g/mol. The minimum atomic E-state index is -0.533. The molecule has 3 aromatic heterocycles. The maximum absolute atomic E-state index is 13.8. The molecule has 9 heteroatoms. The molecule has 1 aliphatic rings. The van der Waals surface area contributed by atoms with Crippen LogP contribution in [0.1, 0.15) is 25.5 Å². The van der Waals surface area contributed by atoms with Crippen molar-refractivity contribution in [1.29, 1.82) is 0 Å². The van der Waals surface area contributed by atoms with Gasteiger partial charge in [-0.05, 0) is 38.0 Å². The third-order valence-corrected chi connectivity index (χ3v) is 5.75. The third-order valence-electron chi connectivity index (χ3n) is 5.48. The van der Waals surface area contributed by atoms with E-state index in [2.05, 4.69) is 26.8 Å². The molecule has 1 N–H and O–H groups in total. The van der Waals surface area contributed by atoms with Gasteiger partial charge >= 0.3 is 0 Å². The summed E-state index contributed by atoms with van der Waals surface area (Å²) in [7, 11) is 0. The molecule has 0 aliphatic carbocycles. The van der Waals surface area contributed by atoms with Gasteiger partial charge in [0.1, 0.15) is 17.3 Å². The van der Waals surface area contributed by atoms with Gasteiger partial charge < -0.3 is 10.2 Å². The summed E-state index contributed by atoms with van der Waals surface area (Å²) in [6.45, 7) is 7.32. The number of amides is 1. The first-order valence-corrected chi connectivity index (χ1v) is 11.0. The number of amidine groups is 1. The summed E-state index contributed by atoms with van der Waals surface area (Å²) < 4.78 is 15.4. The van der Waals surface area contributed by atoms with E-state index >= 15 is 0 Å². The number of likely N-dealkylation sites (tertiary alicyclic amines) is 1. The van der Waals surface area contributed by atoms with Crippen molar-refractivity contribution in [2.75, 3.05) is 18.4 Å². The largest absolute Gasteiger partial charge is 0.356 e. The average Bonchev–Trinajstić information content (AvgIpc) is 3.22. The summed E-state index contributed by atoms with van der Waals surface area (Å²) in [5, 5.41) is 2.95. The van der Waals surface area contributed by atoms with Crippen molar-refractivity contribution in [3.63, 3.8) is 0 Å². The van der Waals surface area contributed by atoms with Crippen molar-refractivity contribution in [2.24, 2.45) is 10.9 Å². The Morgan fingerprint density at radius 1 is 1.39 bits per heavy atom. The van der Waals surface area contributed by atoms with Gasteiger partial charge in [0.2, 0.25) is 5.91 Å². The second-order valence-corrected chi connectivity index (χ2v) is 8.18. The van der Waals surface area contributed by atoms with Crippen LogP contribution in [0.25, 0.3) is 11.3 Å². The van der Waals surface area contributed by atoms with Crippen LogP contribution in [0.5, 0.6) is 0 Å². The second-order valence-electron chi connectivity index (χ2n) is 7.77. The maximum atomic E-state index is 13.8. The number of rotatable bonds is 5. The molecule has 3 aromatic rings. The zero-order valence-corrected chi connectivity index (χ0v) is 19.0. The highest BCUT2D eigenvalue weighted by Gasteiger charge is 2.27. The van der Waals surface area contributed by atoms with Crippen molar-refractivity contribution in [3.05, 3.63) is 78.3 Å². The van der Waals surface area contributed by atoms with Crippen molar-refractivity contribution in [3.8, 4) is 0 Å². The molecule has 0 unspecified atom stereocenters. The Morgan fingerprint density at radius 2 is 2.18 bits per heavy atom. The van der Waals surface area contributed by atoms with Crippen LogP contribution in [0, 0.1) is 11.7 Å². The van der Waals surface area contributed by atoms with Crippen LogP contribution in [0.4, 0.5) is 10.1 Å². The van der Waals surface area contributed by atoms with Crippen molar-refractivity contribution >= 4 is 40.4 Å². The van der Waals surface area contributed by atoms with Crippen LogP contribution in [-0.4, -0.2) is 44.1 Å². The molecule has 1 amide bonds. The van der Waals surface area contributed by atoms with Gasteiger partial charge in [0.25, 0.3) is 0 Å². The van der Waals surface area contributed by atoms with Gasteiger partial charge in [-0.2, -0.15) is 0 Å². The molecule has 170 valence electrons. The summed E-state index contributed by atoms with van der Waals surface area (Å²) in [5.41, 5.74) is 2.21. The van der Waals surface area contributed by atoms with Gasteiger partial charge in [-0.1, -0.05) is 24.3 Å². The quantitative estimate of drug-likeness (QED) is 0.432. The minimum absolute atomic E-state index is 0.00807. The first-order chi connectivity index (χ1) is 16.0. The van der Waals surface area contributed by atoms with Crippen molar-refractivity contribution in [1.82, 2.24) is 19.3 Å². The highest BCUT2D eigenvalue weighted by atomic mass is 35.5. The Kier molecular flexibility index (Phi) is 6.84. The average molecular weight is 467 g/mol. The second kappa shape index (κ2) is 9.95. The molecule has 0 saturated carbocycles. The summed E-state index contributed by atoms with van der Waals surface area (Å²) in [5.74, 6) is -0.0299. The number of imidazole rings is 1. The number of allylic oxidation sites excluding steroid dienone is 1. The highest BCUT2D eigenvalue weighted by Crippen LogP contribution is 2.24. The van der Waals surface area contributed by atoms with E-state index in [4.69, 9.17) is 16.6 Å². The number of carbonyl (C=O) groups excluding carboxylic acids is 1. The van der Waals surface area contributed by atoms with Crippen LogP contribution < -0.4 is 5.32 Å². The SMILES string of the molecule is C=C(N=C(/C=C\C)N1CCC[C@H](C(=O)Nc2ccncc2)C1)c1cnc2cc(F)c(Cl)cn12. The van der Waals surface area contributed by atoms with Crippen LogP contribution in [0.3, 0.4) is 0 Å². The standard InChI is InChI=1S/C24H24ClFN6O/c1-3-5-22(29-16(2)21-13-28-23-12-20(26)19(25)15-32(21)23)31-11-4-6-17(14-31)24(33)30-18-7-9-27-10-8-18/h3,5,7-10,12-13,15,17H,2,4,6,11,14H2,1H3,(H,27,30,33)/b5-3-,29-22?/t17-/m0/s1. The van der Waals surface area contributed by atoms with E-state index in [0.29, 0.717) is 29.4 Å². The van der Waals surface area contributed by atoms with Gasteiger partial charge in [0.05, 0.1) is 28.5 Å². The molecule has 0 bridgehead atoms. The van der Waals surface area contributed by atoms with Crippen molar-refractivity contribution < 1.29 is 9.18 Å². The Morgan fingerprint density at radius 3 is 2.94 bits per heavy atom. The van der Waals surface area contributed by atoms with E-state index in [9.17, 15) is 9.18 Å². The normalized spacial score (nSPS) is 17.0. The number of fused-ring (bicyclic) bond motifs is 1. The lowest BCUT2D eigenvalue weighted by molar-refractivity contribution is -0.121. The zero-order valence-electron chi connectivity index (χ0n) is 18.2. The lowest BCUT2D eigenvalue weighted by atomic mass is 9.97. The maximum Gasteiger partial charge on any atom is 0.229 e. The molecule has 1 saturated heterocycles. The fraction of sp³-hybridized carbons (Fsp3) is 0.250. The number of nitrogens with one attached hydrogen (secondary N) is 1. The van der Waals surface area contributed by atoms with Crippen molar-refractivity contribution in [2.45, 2.75) is 19.8 Å². The molecular formula is C24H24ClFN6O. The predicted molar refractivity (Wildman–Crippen MR) is 129 cm³/mol. The highest BCUT2D eigenvalue weighted by molar-refractivity contribution is 6.30. The molecule has 0 spiro atoms. The molecular weight excluding hydrogens is 443 g/mol. The van der Waals surface area contributed by atoms with Crippen LogP contribution in [0.2, 0.25) is 5.02 Å². The number of pyridine rings is 2. The van der Waals surface area contributed by atoms with E-state index < -0.39 is 5.82 Å². The first-order valence-electron chi connectivity index (χ1n) is 10.6. The smallest absolute Gasteiger partial charge is 0.229 e. The summed E-state index contributed by atoms with van der Waals surface area (Å²) in [6, 6.07) is 4.80. The number of piperidine rings is 1. The van der Waals surface area contributed by atoms with Gasteiger partial charge in [-0.25, -0.2) is 14.4 Å². The Hall–Kier alpha value is -3.52. The van der Waals surface area contributed by atoms with E-state index in [1.165, 1.54) is 12.3 Å².